The molecule has 1 aromatic heterocycles. The number of carbonyl (C=O) groups is 1. The van der Waals surface area contributed by atoms with E-state index in [0.717, 1.165) is 24.2 Å². The second-order valence-corrected chi connectivity index (χ2v) is 6.54. The van der Waals surface area contributed by atoms with Gasteiger partial charge in [-0.1, -0.05) is 44.2 Å². The number of benzene rings is 1. The van der Waals surface area contributed by atoms with Crippen LogP contribution in [0, 0.1) is 0 Å². The van der Waals surface area contributed by atoms with Crippen molar-refractivity contribution >= 4 is 34.8 Å². The van der Waals surface area contributed by atoms with E-state index < -0.39 is 0 Å². The van der Waals surface area contributed by atoms with Crippen LogP contribution < -0.4 is 10.6 Å². The van der Waals surface area contributed by atoms with Crippen molar-refractivity contribution in [3.8, 4) is 11.3 Å². The van der Waals surface area contributed by atoms with Gasteiger partial charge in [-0.3, -0.25) is 4.79 Å². The number of aromatic nitrogens is 1. The molecule has 0 aliphatic carbocycles. The first-order valence-corrected chi connectivity index (χ1v) is 8.44. The Kier molecular flexibility index (Phi) is 8.23. The van der Waals surface area contributed by atoms with Crippen molar-refractivity contribution < 1.29 is 4.79 Å². The van der Waals surface area contributed by atoms with E-state index in [1.54, 1.807) is 11.3 Å². The highest BCUT2D eigenvalue weighted by Gasteiger charge is 2.16. The third-order valence-electron chi connectivity index (χ3n) is 3.30. The summed E-state index contributed by atoms with van der Waals surface area (Å²) in [5.41, 5.74) is 2.07. The van der Waals surface area contributed by atoms with E-state index in [1.807, 2.05) is 25.2 Å². The minimum absolute atomic E-state index is 0. The summed E-state index contributed by atoms with van der Waals surface area (Å²) >= 11 is 1.57. The van der Waals surface area contributed by atoms with Crippen LogP contribution >= 0.6 is 23.7 Å². The second kappa shape index (κ2) is 9.65. The molecule has 1 heterocycles. The zero-order chi connectivity index (χ0) is 15.9. The molecular formula is C17H24ClN3OS. The molecule has 0 fully saturated rings. The zero-order valence-corrected chi connectivity index (χ0v) is 15.4. The van der Waals surface area contributed by atoms with Gasteiger partial charge in [0, 0.05) is 16.9 Å². The normalized spacial score (nSPS) is 10.4. The van der Waals surface area contributed by atoms with Crippen LogP contribution in [0.4, 0.5) is 5.13 Å². The summed E-state index contributed by atoms with van der Waals surface area (Å²) in [4.78, 5) is 17.8. The highest BCUT2D eigenvalue weighted by atomic mass is 35.5. The number of halogens is 1. The fraction of sp³-hybridized carbons (Fsp3) is 0.412. The van der Waals surface area contributed by atoms with Crippen LogP contribution in [0.2, 0.25) is 0 Å². The summed E-state index contributed by atoms with van der Waals surface area (Å²) in [5.74, 6) is 0.404. The third-order valence-corrected chi connectivity index (χ3v) is 4.57. The topological polar surface area (TPSA) is 54.0 Å². The molecular weight excluding hydrogens is 330 g/mol. The molecule has 6 heteroatoms. The monoisotopic (exact) mass is 353 g/mol. The van der Waals surface area contributed by atoms with Crippen molar-refractivity contribution in [2.45, 2.75) is 32.6 Å². The largest absolute Gasteiger partial charge is 0.320 e. The molecule has 0 spiro atoms. The maximum absolute atomic E-state index is 11.9. The molecule has 0 atom stereocenters. The molecule has 0 saturated heterocycles. The lowest BCUT2D eigenvalue weighted by molar-refractivity contribution is -0.116. The Morgan fingerprint density at radius 2 is 1.96 bits per heavy atom. The van der Waals surface area contributed by atoms with Crippen LogP contribution in [0.25, 0.3) is 11.3 Å². The van der Waals surface area contributed by atoms with Crippen molar-refractivity contribution in [2.75, 3.05) is 18.9 Å². The van der Waals surface area contributed by atoms with Crippen LogP contribution in [-0.4, -0.2) is 24.5 Å². The summed E-state index contributed by atoms with van der Waals surface area (Å²) in [7, 11) is 1.89. The first-order valence-electron chi connectivity index (χ1n) is 7.62. The molecule has 1 amide bonds. The van der Waals surface area contributed by atoms with Gasteiger partial charge in [0.15, 0.2) is 5.13 Å². The van der Waals surface area contributed by atoms with Crippen molar-refractivity contribution in [1.82, 2.24) is 10.3 Å². The number of rotatable bonds is 7. The molecule has 0 radical (unpaired) electrons. The van der Waals surface area contributed by atoms with E-state index in [-0.39, 0.29) is 18.3 Å². The van der Waals surface area contributed by atoms with Gasteiger partial charge >= 0.3 is 0 Å². The van der Waals surface area contributed by atoms with Crippen LogP contribution in [0.5, 0.6) is 0 Å². The molecule has 0 saturated carbocycles. The predicted octanol–water partition coefficient (Wildman–Crippen LogP) is 4.29. The van der Waals surface area contributed by atoms with Gasteiger partial charge in [-0.25, -0.2) is 4.98 Å². The van der Waals surface area contributed by atoms with Crippen molar-refractivity contribution in [3.05, 3.63) is 35.2 Å². The molecule has 2 N–H and O–H groups in total. The number of hydrogen-bond donors (Lipinski definition) is 2. The smallest absolute Gasteiger partial charge is 0.226 e. The van der Waals surface area contributed by atoms with E-state index in [9.17, 15) is 4.79 Å². The van der Waals surface area contributed by atoms with E-state index in [2.05, 4.69) is 41.6 Å². The fourth-order valence-electron chi connectivity index (χ4n) is 2.19. The number of hydrogen-bond acceptors (Lipinski definition) is 4. The van der Waals surface area contributed by atoms with Gasteiger partial charge in [0.1, 0.15) is 0 Å². The number of carbonyl (C=O) groups excluding carboxylic acids is 1. The van der Waals surface area contributed by atoms with Gasteiger partial charge in [-0.2, -0.15) is 0 Å². The molecule has 2 aromatic rings. The van der Waals surface area contributed by atoms with Gasteiger partial charge < -0.3 is 10.6 Å². The number of nitrogens with zero attached hydrogens (tertiary/aromatic N) is 1. The highest BCUT2D eigenvalue weighted by Crippen LogP contribution is 2.36. The molecule has 4 nitrogen and oxygen atoms in total. The minimum atomic E-state index is 0. The summed E-state index contributed by atoms with van der Waals surface area (Å²) in [5, 5.41) is 6.66. The first-order chi connectivity index (χ1) is 10.6. The van der Waals surface area contributed by atoms with Gasteiger partial charge in [0.2, 0.25) is 5.91 Å². The number of amides is 1. The van der Waals surface area contributed by atoms with Crippen molar-refractivity contribution in [2.24, 2.45) is 0 Å². The number of nitrogens with one attached hydrogen (secondary N) is 2. The fourth-order valence-corrected chi connectivity index (χ4v) is 3.19. The SMILES string of the molecule is CNCCCC(=O)Nc1nc(-c2ccccc2)c(C(C)C)s1.Cl. The first kappa shape index (κ1) is 19.6. The molecule has 0 aliphatic rings. The third kappa shape index (κ3) is 5.61. The highest BCUT2D eigenvalue weighted by molar-refractivity contribution is 7.16. The molecule has 2 rings (SSSR count). The standard InChI is InChI=1S/C17H23N3OS.ClH/c1-12(2)16-15(13-8-5-4-6-9-13)20-17(22-16)19-14(21)10-7-11-18-3;/h4-6,8-9,12,18H,7,10-11H2,1-3H3,(H,19,20,21);1H. The zero-order valence-electron chi connectivity index (χ0n) is 13.8. The molecule has 0 bridgehead atoms. The Morgan fingerprint density at radius 3 is 2.57 bits per heavy atom. The Hall–Kier alpha value is -1.43. The summed E-state index contributed by atoms with van der Waals surface area (Å²) in [6.45, 7) is 5.15. The van der Waals surface area contributed by atoms with E-state index in [1.165, 1.54) is 4.88 Å². The number of anilines is 1. The van der Waals surface area contributed by atoms with Crippen LogP contribution in [0.3, 0.4) is 0 Å². The predicted molar refractivity (Wildman–Crippen MR) is 101 cm³/mol. The molecule has 0 aliphatic heterocycles. The van der Waals surface area contributed by atoms with Gasteiger partial charge in [0.25, 0.3) is 0 Å². The van der Waals surface area contributed by atoms with Gasteiger partial charge in [0.05, 0.1) is 5.69 Å². The van der Waals surface area contributed by atoms with E-state index in [4.69, 9.17) is 0 Å². The Morgan fingerprint density at radius 1 is 1.26 bits per heavy atom. The maximum atomic E-state index is 11.9. The lowest BCUT2D eigenvalue weighted by Gasteiger charge is -2.04. The summed E-state index contributed by atoms with van der Waals surface area (Å²) in [6, 6.07) is 10.1. The second-order valence-electron chi connectivity index (χ2n) is 5.51. The van der Waals surface area contributed by atoms with E-state index >= 15 is 0 Å². The van der Waals surface area contributed by atoms with Crippen molar-refractivity contribution in [1.29, 1.82) is 0 Å². The minimum Gasteiger partial charge on any atom is -0.320 e. The quantitative estimate of drug-likeness (QED) is 0.730. The summed E-state index contributed by atoms with van der Waals surface area (Å²) in [6.07, 6.45) is 1.34. The lowest BCUT2D eigenvalue weighted by atomic mass is 10.1. The maximum Gasteiger partial charge on any atom is 0.226 e. The molecule has 1 aromatic carbocycles. The van der Waals surface area contributed by atoms with Crippen LogP contribution in [-0.2, 0) is 4.79 Å². The lowest BCUT2D eigenvalue weighted by Crippen LogP contribution is -2.15. The molecule has 126 valence electrons. The van der Waals surface area contributed by atoms with Crippen LogP contribution in [0.15, 0.2) is 30.3 Å². The molecule has 23 heavy (non-hydrogen) atoms. The molecule has 0 unspecified atom stereocenters. The van der Waals surface area contributed by atoms with E-state index in [0.29, 0.717) is 17.5 Å². The van der Waals surface area contributed by atoms with Crippen LogP contribution in [0.1, 0.15) is 37.5 Å². The Bertz CT molecular complexity index is 614. The Balaban J connectivity index is 0.00000264. The van der Waals surface area contributed by atoms with Crippen molar-refractivity contribution in [3.63, 3.8) is 0 Å². The Labute approximate surface area is 148 Å². The summed E-state index contributed by atoms with van der Waals surface area (Å²) < 4.78 is 0. The van der Waals surface area contributed by atoms with Gasteiger partial charge in [-0.15, -0.1) is 23.7 Å². The number of thiazole rings is 1. The average Bonchev–Trinajstić information content (AvgIpc) is 2.92. The van der Waals surface area contributed by atoms with Gasteiger partial charge in [-0.05, 0) is 25.9 Å². The average molecular weight is 354 g/mol.